The third-order valence-electron chi connectivity index (χ3n) is 7.12. The Morgan fingerprint density at radius 1 is 1.08 bits per heavy atom. The molecule has 0 saturated carbocycles. The molecule has 0 radical (unpaired) electrons. The maximum atomic E-state index is 15.3. The molecule has 0 spiro atoms. The molecule has 3 aliphatic rings. The third-order valence-corrected chi connectivity index (χ3v) is 7.41. The number of hydrogen-bond acceptors (Lipinski definition) is 9. The molecule has 190 valence electrons. The summed E-state index contributed by atoms with van der Waals surface area (Å²) in [6.45, 7) is 0.504. The number of anilines is 1. The van der Waals surface area contributed by atoms with Crippen LogP contribution in [0.2, 0.25) is 5.02 Å². The number of halogens is 2. The average Bonchev–Trinajstić information content (AvgIpc) is 3.66. The predicted octanol–water partition coefficient (Wildman–Crippen LogP) is 3.21. The van der Waals surface area contributed by atoms with E-state index in [9.17, 15) is 5.11 Å². The molecule has 4 aromatic rings. The van der Waals surface area contributed by atoms with Gasteiger partial charge in [0.1, 0.15) is 36.3 Å². The second kappa shape index (κ2) is 8.88. The zero-order chi connectivity index (χ0) is 25.1. The quantitative estimate of drug-likeness (QED) is 0.360. The second-order valence-corrected chi connectivity index (χ2v) is 9.85. The molecule has 0 unspecified atom stereocenters. The number of aryl methyl sites for hydroxylation is 1. The molecule has 5 atom stereocenters. The van der Waals surface area contributed by atoms with Crippen molar-refractivity contribution >= 4 is 28.6 Å². The van der Waals surface area contributed by atoms with Gasteiger partial charge in [-0.05, 0) is 36.1 Å². The van der Waals surface area contributed by atoms with Crippen LogP contribution in [0.4, 0.5) is 10.2 Å². The summed E-state index contributed by atoms with van der Waals surface area (Å²) in [5.41, 5.74) is 4.06. The lowest BCUT2D eigenvalue weighted by Gasteiger charge is -2.17. The van der Waals surface area contributed by atoms with Gasteiger partial charge >= 0.3 is 0 Å². The summed E-state index contributed by atoms with van der Waals surface area (Å²) >= 11 is 6.53. The van der Waals surface area contributed by atoms with Gasteiger partial charge in [-0.2, -0.15) is 4.98 Å². The van der Waals surface area contributed by atoms with E-state index in [0.29, 0.717) is 40.4 Å². The van der Waals surface area contributed by atoms with Gasteiger partial charge in [-0.15, -0.1) is 0 Å². The Labute approximate surface area is 215 Å². The zero-order valence-electron chi connectivity index (χ0n) is 19.4. The molecule has 0 bridgehead atoms. The average molecular weight is 525 g/mol. The number of pyridine rings is 1. The first-order valence-electron chi connectivity index (χ1n) is 12.0. The molecule has 12 heteroatoms. The number of imidazole rings is 1. The first-order valence-corrected chi connectivity index (χ1v) is 12.4. The Hall–Kier alpha value is -3.38. The fourth-order valence-corrected chi connectivity index (χ4v) is 5.59. The predicted molar refractivity (Wildman–Crippen MR) is 131 cm³/mol. The molecule has 10 nitrogen and oxygen atoms in total. The van der Waals surface area contributed by atoms with Crippen LogP contribution in [0.15, 0.2) is 36.9 Å². The van der Waals surface area contributed by atoms with Crippen molar-refractivity contribution in [3.05, 3.63) is 58.9 Å². The van der Waals surface area contributed by atoms with Crippen LogP contribution < -0.4 is 10.1 Å². The van der Waals surface area contributed by atoms with Crippen LogP contribution in [0, 0.1) is 5.82 Å². The summed E-state index contributed by atoms with van der Waals surface area (Å²) in [7, 11) is 0. The number of aliphatic hydroxyl groups excluding tert-OH is 1. The molecular weight excluding hydrogens is 503 g/mol. The van der Waals surface area contributed by atoms with E-state index >= 15 is 4.39 Å². The number of nitrogens with one attached hydrogen (secondary N) is 2. The number of ether oxygens (including phenoxy) is 3. The largest absolute Gasteiger partial charge is 0.456 e. The van der Waals surface area contributed by atoms with Crippen molar-refractivity contribution in [1.82, 2.24) is 24.9 Å². The van der Waals surface area contributed by atoms with E-state index < -0.39 is 18.3 Å². The number of nitrogens with zero attached hydrogens (tertiary/aromatic N) is 4. The van der Waals surface area contributed by atoms with Gasteiger partial charge in [0.2, 0.25) is 0 Å². The van der Waals surface area contributed by atoms with Crippen LogP contribution in [0.5, 0.6) is 6.01 Å². The summed E-state index contributed by atoms with van der Waals surface area (Å²) in [6, 6.07) is 5.17. The van der Waals surface area contributed by atoms with Gasteiger partial charge in [-0.3, -0.25) is 0 Å². The molecule has 5 heterocycles. The summed E-state index contributed by atoms with van der Waals surface area (Å²) < 4.78 is 32.4. The molecule has 7 rings (SSSR count). The standard InChI is InChI=1S/C25H22ClFN6O4/c26-14-5-17-24(33-25(31-17)37-19-9-36-21-18(34)8-35-22(19)21)32-23(14)30-16-2-1-11-3-12(4-15(27)20(11)16)13-6-28-10-29-7-13/h3-7,10,16,18-19,21-22,34H,1-2,8-9H2,(H2,30,31,32,33)/t16-,18+,19+,21+,22+/m0/s1. The van der Waals surface area contributed by atoms with Crippen LogP contribution in [-0.2, 0) is 15.9 Å². The third kappa shape index (κ3) is 3.98. The number of rotatable bonds is 5. The lowest BCUT2D eigenvalue weighted by Crippen LogP contribution is -2.34. The van der Waals surface area contributed by atoms with Crippen LogP contribution in [0.3, 0.4) is 0 Å². The van der Waals surface area contributed by atoms with Gasteiger partial charge < -0.3 is 29.6 Å². The maximum absolute atomic E-state index is 15.3. The SMILES string of the molecule is O[C@@H]1CO[C@H]2[C@@H]1OC[C@H]2Oc1nc2nc(N[C@H]3CCc4cc(-c5cncnc5)cc(F)c43)c(Cl)cc2[nH]1. The molecule has 37 heavy (non-hydrogen) atoms. The Balaban J connectivity index is 1.12. The first kappa shape index (κ1) is 22.8. The van der Waals surface area contributed by atoms with Crippen molar-refractivity contribution in [1.29, 1.82) is 0 Å². The van der Waals surface area contributed by atoms with E-state index in [4.69, 9.17) is 25.8 Å². The number of fused-ring (bicyclic) bond motifs is 3. The van der Waals surface area contributed by atoms with E-state index in [1.165, 1.54) is 12.4 Å². The highest BCUT2D eigenvalue weighted by Gasteiger charge is 2.48. The number of hydrogen-bond donors (Lipinski definition) is 3. The van der Waals surface area contributed by atoms with Crippen LogP contribution in [0.1, 0.15) is 23.6 Å². The van der Waals surface area contributed by atoms with Gasteiger partial charge in [0, 0.05) is 23.5 Å². The van der Waals surface area contributed by atoms with Crippen LogP contribution >= 0.6 is 11.6 Å². The lowest BCUT2D eigenvalue weighted by molar-refractivity contribution is 0.00706. The first-order chi connectivity index (χ1) is 18.0. The Bertz CT molecular complexity index is 1490. The minimum absolute atomic E-state index is 0.217. The smallest absolute Gasteiger partial charge is 0.296 e. The fourth-order valence-electron chi connectivity index (χ4n) is 5.38. The van der Waals surface area contributed by atoms with Crippen molar-refractivity contribution in [3.63, 3.8) is 0 Å². The van der Waals surface area contributed by atoms with Crippen molar-refractivity contribution in [3.8, 4) is 17.1 Å². The van der Waals surface area contributed by atoms with Crippen LogP contribution in [-0.4, -0.2) is 67.7 Å². The van der Waals surface area contributed by atoms with Crippen molar-refractivity contribution < 1.29 is 23.7 Å². The van der Waals surface area contributed by atoms with E-state index in [2.05, 4.69) is 30.2 Å². The fraction of sp³-hybridized carbons (Fsp3) is 0.360. The Morgan fingerprint density at radius 3 is 2.78 bits per heavy atom. The van der Waals surface area contributed by atoms with Gasteiger partial charge in [0.05, 0.1) is 29.8 Å². The van der Waals surface area contributed by atoms with E-state index in [-0.39, 0.29) is 37.2 Å². The molecule has 1 aromatic carbocycles. The van der Waals surface area contributed by atoms with E-state index in [1.54, 1.807) is 18.5 Å². The molecule has 3 N–H and O–H groups in total. The topological polar surface area (TPSA) is 127 Å². The monoisotopic (exact) mass is 524 g/mol. The molecule has 3 aromatic heterocycles. The number of aromatic amines is 1. The minimum atomic E-state index is -0.659. The molecule has 2 fully saturated rings. The zero-order valence-corrected chi connectivity index (χ0v) is 20.2. The van der Waals surface area contributed by atoms with Gasteiger partial charge in [0.15, 0.2) is 11.8 Å². The van der Waals surface area contributed by atoms with Gasteiger partial charge in [-0.1, -0.05) is 17.7 Å². The van der Waals surface area contributed by atoms with Crippen molar-refractivity contribution in [2.45, 2.75) is 43.3 Å². The van der Waals surface area contributed by atoms with Crippen molar-refractivity contribution in [2.24, 2.45) is 0 Å². The van der Waals surface area contributed by atoms with E-state index in [0.717, 1.165) is 16.7 Å². The number of aromatic nitrogens is 5. The normalized spacial score (nSPS) is 26.4. The summed E-state index contributed by atoms with van der Waals surface area (Å²) in [5.74, 6) is 0.117. The summed E-state index contributed by atoms with van der Waals surface area (Å²) in [5, 5.41) is 13.6. The second-order valence-electron chi connectivity index (χ2n) is 9.45. The molecule has 1 aliphatic carbocycles. The summed E-state index contributed by atoms with van der Waals surface area (Å²) in [4.78, 5) is 20.1. The highest BCUT2D eigenvalue weighted by Crippen LogP contribution is 2.39. The molecule has 0 amide bonds. The van der Waals surface area contributed by atoms with E-state index in [1.807, 2.05) is 6.07 Å². The summed E-state index contributed by atoms with van der Waals surface area (Å²) in [6.07, 6.45) is 4.38. The minimum Gasteiger partial charge on any atom is -0.456 e. The van der Waals surface area contributed by atoms with Gasteiger partial charge in [0.25, 0.3) is 6.01 Å². The Morgan fingerprint density at radius 2 is 1.92 bits per heavy atom. The number of benzene rings is 1. The molecule has 2 aliphatic heterocycles. The van der Waals surface area contributed by atoms with Crippen molar-refractivity contribution in [2.75, 3.05) is 18.5 Å². The number of H-pyrrole nitrogens is 1. The maximum Gasteiger partial charge on any atom is 0.296 e. The lowest BCUT2D eigenvalue weighted by atomic mass is 10.0. The molecular formula is C25H22ClFN6O4. The van der Waals surface area contributed by atoms with Gasteiger partial charge in [-0.25, -0.2) is 19.3 Å². The highest BCUT2D eigenvalue weighted by atomic mass is 35.5. The number of aliphatic hydroxyl groups is 1. The molecule has 2 saturated heterocycles. The Kier molecular flexibility index (Phi) is 5.47. The highest BCUT2D eigenvalue weighted by molar-refractivity contribution is 6.33. The van der Waals surface area contributed by atoms with Crippen LogP contribution in [0.25, 0.3) is 22.3 Å².